The molecule has 1 saturated carbocycles. The molecule has 0 saturated heterocycles. The Hall–Kier alpha value is -0.570. The number of ether oxygens (including phenoxy) is 1. The molecule has 0 aromatic carbocycles. The summed E-state index contributed by atoms with van der Waals surface area (Å²) in [6, 6.07) is 4.09. The normalized spacial score (nSPS) is 23.9. The van der Waals surface area contributed by atoms with E-state index in [2.05, 4.69) is 33.9 Å². The zero-order chi connectivity index (χ0) is 13.0. The van der Waals surface area contributed by atoms with Crippen LogP contribution in [-0.2, 0) is 5.33 Å². The van der Waals surface area contributed by atoms with Crippen molar-refractivity contribution in [3.8, 4) is 5.75 Å². The lowest BCUT2D eigenvalue weighted by Crippen LogP contribution is -2.24. The highest BCUT2D eigenvalue weighted by atomic mass is 79.9. The second-order valence-electron chi connectivity index (χ2n) is 5.20. The van der Waals surface area contributed by atoms with E-state index >= 15 is 0 Å². The van der Waals surface area contributed by atoms with Crippen LogP contribution in [0.5, 0.6) is 5.75 Å². The van der Waals surface area contributed by atoms with Crippen LogP contribution in [-0.4, -0.2) is 11.1 Å². The van der Waals surface area contributed by atoms with Crippen LogP contribution in [0, 0.1) is 12.8 Å². The van der Waals surface area contributed by atoms with Gasteiger partial charge in [0.2, 0.25) is 0 Å². The summed E-state index contributed by atoms with van der Waals surface area (Å²) in [5.74, 6) is 1.87. The third-order valence-electron chi connectivity index (χ3n) is 3.86. The SMILES string of the molecule is CCC1CCC(Oc2ccc(C)nc2CBr)CC1. The average Bonchev–Trinajstić information content (AvgIpc) is 2.41. The quantitative estimate of drug-likeness (QED) is 0.756. The summed E-state index contributed by atoms with van der Waals surface area (Å²) in [5.41, 5.74) is 2.07. The van der Waals surface area contributed by atoms with Gasteiger partial charge < -0.3 is 4.74 Å². The zero-order valence-corrected chi connectivity index (χ0v) is 12.9. The van der Waals surface area contributed by atoms with E-state index in [1.165, 1.54) is 32.1 Å². The summed E-state index contributed by atoms with van der Waals surface area (Å²) in [6.45, 7) is 4.31. The molecule has 2 rings (SSSR count). The molecule has 1 aliphatic rings. The fourth-order valence-corrected chi connectivity index (χ4v) is 3.04. The lowest BCUT2D eigenvalue weighted by Gasteiger charge is -2.28. The van der Waals surface area contributed by atoms with Crippen LogP contribution in [0.4, 0.5) is 0 Å². The lowest BCUT2D eigenvalue weighted by molar-refractivity contribution is 0.128. The molecule has 0 bridgehead atoms. The summed E-state index contributed by atoms with van der Waals surface area (Å²) in [6.07, 6.45) is 6.69. The van der Waals surface area contributed by atoms with Crippen LogP contribution in [0.2, 0.25) is 0 Å². The molecule has 1 fully saturated rings. The van der Waals surface area contributed by atoms with Gasteiger partial charge in [-0.3, -0.25) is 4.98 Å². The number of aromatic nitrogens is 1. The van der Waals surface area contributed by atoms with Crippen LogP contribution >= 0.6 is 15.9 Å². The molecule has 2 nitrogen and oxygen atoms in total. The highest BCUT2D eigenvalue weighted by Crippen LogP contribution is 2.30. The van der Waals surface area contributed by atoms with E-state index in [0.29, 0.717) is 6.10 Å². The Bertz CT molecular complexity index is 386. The highest BCUT2D eigenvalue weighted by Gasteiger charge is 2.22. The number of nitrogens with zero attached hydrogens (tertiary/aromatic N) is 1. The van der Waals surface area contributed by atoms with Gasteiger partial charge in [-0.25, -0.2) is 0 Å². The minimum Gasteiger partial charge on any atom is -0.488 e. The number of hydrogen-bond acceptors (Lipinski definition) is 2. The fourth-order valence-electron chi connectivity index (χ4n) is 2.64. The van der Waals surface area contributed by atoms with Crippen molar-refractivity contribution >= 4 is 15.9 Å². The molecule has 1 aromatic rings. The third kappa shape index (κ3) is 3.47. The van der Waals surface area contributed by atoms with Crippen LogP contribution in [0.1, 0.15) is 50.4 Å². The van der Waals surface area contributed by atoms with Crippen molar-refractivity contribution in [2.45, 2.75) is 57.4 Å². The first-order valence-electron chi connectivity index (χ1n) is 6.92. The van der Waals surface area contributed by atoms with E-state index in [9.17, 15) is 0 Å². The van der Waals surface area contributed by atoms with Gasteiger partial charge in [-0.15, -0.1) is 0 Å². The van der Waals surface area contributed by atoms with Gasteiger partial charge in [0.15, 0.2) is 0 Å². The molecule has 1 aromatic heterocycles. The van der Waals surface area contributed by atoms with Crippen molar-refractivity contribution in [2.24, 2.45) is 5.92 Å². The summed E-state index contributed by atoms with van der Waals surface area (Å²) >= 11 is 3.49. The number of pyridine rings is 1. The maximum absolute atomic E-state index is 6.13. The number of halogens is 1. The van der Waals surface area contributed by atoms with E-state index in [1.807, 2.05) is 13.0 Å². The highest BCUT2D eigenvalue weighted by molar-refractivity contribution is 9.08. The number of alkyl halides is 1. The van der Waals surface area contributed by atoms with E-state index in [4.69, 9.17) is 4.74 Å². The van der Waals surface area contributed by atoms with Crippen molar-refractivity contribution in [3.05, 3.63) is 23.5 Å². The van der Waals surface area contributed by atoms with Crippen LogP contribution in [0.25, 0.3) is 0 Å². The Kier molecular flexibility index (Phi) is 5.04. The summed E-state index contributed by atoms with van der Waals surface area (Å²) in [5, 5.41) is 0.758. The second-order valence-corrected chi connectivity index (χ2v) is 5.76. The molecular formula is C15H22BrNO. The molecular weight excluding hydrogens is 290 g/mol. The molecule has 18 heavy (non-hydrogen) atoms. The molecule has 0 atom stereocenters. The third-order valence-corrected chi connectivity index (χ3v) is 4.39. The van der Waals surface area contributed by atoms with Gasteiger partial charge in [-0.05, 0) is 50.7 Å². The average molecular weight is 312 g/mol. The fraction of sp³-hybridized carbons (Fsp3) is 0.667. The van der Waals surface area contributed by atoms with Gasteiger partial charge in [-0.1, -0.05) is 29.3 Å². The largest absolute Gasteiger partial charge is 0.488 e. The van der Waals surface area contributed by atoms with Gasteiger partial charge >= 0.3 is 0 Å². The first-order chi connectivity index (χ1) is 8.72. The van der Waals surface area contributed by atoms with Crippen molar-refractivity contribution in [1.29, 1.82) is 0 Å². The summed E-state index contributed by atoms with van der Waals surface area (Å²) in [4.78, 5) is 4.52. The number of hydrogen-bond donors (Lipinski definition) is 0. The Morgan fingerprint density at radius 3 is 2.61 bits per heavy atom. The van der Waals surface area contributed by atoms with Crippen LogP contribution in [0.15, 0.2) is 12.1 Å². The summed E-state index contributed by atoms with van der Waals surface area (Å²) in [7, 11) is 0. The topological polar surface area (TPSA) is 22.1 Å². The zero-order valence-electron chi connectivity index (χ0n) is 11.3. The van der Waals surface area contributed by atoms with Gasteiger partial charge in [0.1, 0.15) is 5.75 Å². The molecule has 0 spiro atoms. The van der Waals surface area contributed by atoms with E-state index in [-0.39, 0.29) is 0 Å². The van der Waals surface area contributed by atoms with Crippen molar-refractivity contribution in [1.82, 2.24) is 4.98 Å². The standard InChI is InChI=1S/C15H22BrNO/c1-3-12-5-7-13(8-6-12)18-15-9-4-11(2)17-14(15)10-16/h4,9,12-13H,3,5-8,10H2,1-2H3. The van der Waals surface area contributed by atoms with E-state index in [0.717, 1.165) is 28.4 Å². The van der Waals surface area contributed by atoms with E-state index in [1.54, 1.807) is 0 Å². The Labute approximate surface area is 118 Å². The molecule has 0 N–H and O–H groups in total. The van der Waals surface area contributed by atoms with Gasteiger partial charge in [0, 0.05) is 11.0 Å². The second kappa shape index (κ2) is 6.55. The van der Waals surface area contributed by atoms with Gasteiger partial charge in [0.25, 0.3) is 0 Å². The van der Waals surface area contributed by atoms with Crippen LogP contribution in [0.3, 0.4) is 0 Å². The van der Waals surface area contributed by atoms with Gasteiger partial charge in [-0.2, -0.15) is 0 Å². The van der Waals surface area contributed by atoms with Crippen molar-refractivity contribution < 1.29 is 4.74 Å². The molecule has 100 valence electrons. The smallest absolute Gasteiger partial charge is 0.142 e. The first kappa shape index (κ1) is 13.9. The Balaban J connectivity index is 1.97. The van der Waals surface area contributed by atoms with Crippen LogP contribution < -0.4 is 4.74 Å². The monoisotopic (exact) mass is 311 g/mol. The molecule has 1 heterocycles. The molecule has 1 aliphatic carbocycles. The maximum Gasteiger partial charge on any atom is 0.142 e. The first-order valence-corrected chi connectivity index (χ1v) is 8.04. The Morgan fingerprint density at radius 1 is 1.28 bits per heavy atom. The molecule has 0 amide bonds. The maximum atomic E-state index is 6.13. The van der Waals surface area contributed by atoms with Gasteiger partial charge in [0.05, 0.1) is 11.8 Å². The van der Waals surface area contributed by atoms with Crippen molar-refractivity contribution in [3.63, 3.8) is 0 Å². The number of aryl methyl sites for hydroxylation is 1. The molecule has 0 unspecified atom stereocenters. The molecule has 0 radical (unpaired) electrons. The van der Waals surface area contributed by atoms with Crippen molar-refractivity contribution in [2.75, 3.05) is 0 Å². The number of rotatable bonds is 4. The minimum absolute atomic E-state index is 0.384. The Morgan fingerprint density at radius 2 is 2.00 bits per heavy atom. The predicted molar refractivity (Wildman–Crippen MR) is 78.3 cm³/mol. The lowest BCUT2D eigenvalue weighted by atomic mass is 9.86. The summed E-state index contributed by atoms with van der Waals surface area (Å²) < 4.78 is 6.13. The molecule has 0 aliphatic heterocycles. The molecule has 3 heteroatoms. The van der Waals surface area contributed by atoms with E-state index < -0.39 is 0 Å². The predicted octanol–water partition coefficient (Wildman–Crippen LogP) is 4.63. The minimum atomic E-state index is 0.384.